The minimum absolute atomic E-state index is 0.137. The van der Waals surface area contributed by atoms with Gasteiger partial charge in [-0.3, -0.25) is 4.79 Å². The number of rotatable bonds is 4. The first-order valence-electron chi connectivity index (χ1n) is 5.76. The number of thioether (sulfide) groups is 1. The van der Waals surface area contributed by atoms with Crippen molar-refractivity contribution in [1.82, 2.24) is 15.1 Å². The Hall–Kier alpha value is -1.08. The third kappa shape index (κ3) is 3.02. The molecule has 1 amide bonds. The van der Waals surface area contributed by atoms with Gasteiger partial charge in [0.15, 0.2) is 4.34 Å². The zero-order valence-corrected chi connectivity index (χ0v) is 12.0. The van der Waals surface area contributed by atoms with E-state index >= 15 is 0 Å². The number of carbonyl (C=O) groups is 1. The van der Waals surface area contributed by atoms with Crippen molar-refractivity contribution in [2.45, 2.75) is 24.2 Å². The van der Waals surface area contributed by atoms with Crippen LogP contribution in [0.4, 0.5) is 5.13 Å². The van der Waals surface area contributed by atoms with Crippen LogP contribution in [0, 0.1) is 5.92 Å². The maximum absolute atomic E-state index is 12.1. The molecule has 0 aromatic carbocycles. The normalized spacial score (nSPS) is 18.8. The van der Waals surface area contributed by atoms with Crippen molar-refractivity contribution >= 4 is 34.1 Å². The molecule has 5 nitrogen and oxygen atoms in total. The Bertz CT molecular complexity index is 458. The molecule has 0 radical (unpaired) electrons. The predicted molar refractivity (Wildman–Crippen MR) is 74.5 cm³/mol. The second kappa shape index (κ2) is 5.71. The van der Waals surface area contributed by atoms with Gasteiger partial charge in [0.25, 0.3) is 0 Å². The summed E-state index contributed by atoms with van der Waals surface area (Å²) in [5.74, 6) is 0.965. The van der Waals surface area contributed by atoms with Crippen LogP contribution in [0.5, 0.6) is 0 Å². The van der Waals surface area contributed by atoms with Crippen LogP contribution < -0.4 is 5.73 Å². The molecule has 0 unspecified atom stereocenters. The fourth-order valence-electron chi connectivity index (χ4n) is 1.87. The summed E-state index contributed by atoms with van der Waals surface area (Å²) in [5, 5.41) is 8.05. The molecule has 98 valence electrons. The molecule has 18 heavy (non-hydrogen) atoms. The van der Waals surface area contributed by atoms with Gasteiger partial charge < -0.3 is 10.6 Å². The van der Waals surface area contributed by atoms with E-state index in [9.17, 15) is 4.79 Å². The van der Waals surface area contributed by atoms with E-state index in [1.807, 2.05) is 4.90 Å². The molecular formula is C11H16N4OS2. The molecular weight excluding hydrogens is 268 g/mol. The van der Waals surface area contributed by atoms with E-state index in [2.05, 4.69) is 36.2 Å². The lowest BCUT2D eigenvalue weighted by Gasteiger charge is -2.27. The van der Waals surface area contributed by atoms with Crippen molar-refractivity contribution in [1.29, 1.82) is 0 Å². The van der Waals surface area contributed by atoms with Crippen LogP contribution in [0.2, 0.25) is 0 Å². The molecule has 1 aromatic rings. The summed E-state index contributed by atoms with van der Waals surface area (Å²) in [6.07, 6.45) is 4.16. The Morgan fingerprint density at radius 3 is 3.06 bits per heavy atom. The van der Waals surface area contributed by atoms with Gasteiger partial charge in [-0.25, -0.2) is 0 Å². The van der Waals surface area contributed by atoms with E-state index in [1.54, 1.807) is 0 Å². The quantitative estimate of drug-likeness (QED) is 0.672. The first-order valence-corrected chi connectivity index (χ1v) is 7.56. The monoisotopic (exact) mass is 284 g/mol. The molecule has 0 saturated carbocycles. The number of nitrogens with two attached hydrogens (primary N) is 1. The number of nitrogens with zero attached hydrogens (tertiary/aromatic N) is 3. The lowest BCUT2D eigenvalue weighted by molar-refractivity contribution is -0.129. The summed E-state index contributed by atoms with van der Waals surface area (Å²) in [7, 11) is 0. The highest BCUT2D eigenvalue weighted by molar-refractivity contribution is 8.01. The van der Waals surface area contributed by atoms with Crippen molar-refractivity contribution in [3.8, 4) is 0 Å². The molecule has 0 spiro atoms. The van der Waals surface area contributed by atoms with E-state index in [0.717, 1.165) is 4.34 Å². The van der Waals surface area contributed by atoms with Crippen LogP contribution in [-0.4, -0.2) is 39.3 Å². The molecule has 0 saturated heterocycles. The van der Waals surface area contributed by atoms with Crippen molar-refractivity contribution in [2.75, 3.05) is 18.0 Å². The van der Waals surface area contributed by atoms with Gasteiger partial charge in [-0.15, -0.1) is 10.2 Å². The van der Waals surface area contributed by atoms with Crippen LogP contribution in [0.3, 0.4) is 0 Å². The summed E-state index contributed by atoms with van der Waals surface area (Å²) in [5.41, 5.74) is 5.50. The van der Waals surface area contributed by atoms with Crippen LogP contribution in [0.15, 0.2) is 16.5 Å². The molecule has 0 fully saturated rings. The lowest BCUT2D eigenvalue weighted by Crippen LogP contribution is -2.40. The number of hydrogen-bond donors (Lipinski definition) is 1. The molecule has 1 aromatic heterocycles. The minimum Gasteiger partial charge on any atom is -0.374 e. The second-order valence-electron chi connectivity index (χ2n) is 4.40. The highest BCUT2D eigenvalue weighted by Crippen LogP contribution is 2.25. The Kier molecular flexibility index (Phi) is 4.23. The number of nitrogen functional groups attached to an aromatic ring is 1. The third-order valence-corrected chi connectivity index (χ3v) is 4.61. The second-order valence-corrected chi connectivity index (χ2v) is 6.64. The lowest BCUT2D eigenvalue weighted by atomic mass is 10.0. The zero-order chi connectivity index (χ0) is 13.1. The van der Waals surface area contributed by atoms with E-state index in [1.165, 1.54) is 23.1 Å². The molecule has 7 heteroatoms. The maximum atomic E-state index is 12.1. The van der Waals surface area contributed by atoms with Gasteiger partial charge in [0.2, 0.25) is 11.0 Å². The largest absolute Gasteiger partial charge is 0.374 e. The van der Waals surface area contributed by atoms with Gasteiger partial charge in [-0.1, -0.05) is 49.1 Å². The minimum atomic E-state index is 0.137. The molecule has 0 bridgehead atoms. The van der Waals surface area contributed by atoms with E-state index < -0.39 is 0 Å². The number of amides is 1. The summed E-state index contributed by atoms with van der Waals surface area (Å²) in [4.78, 5) is 14.0. The Balaban J connectivity index is 1.88. The number of hydrogen-bond acceptors (Lipinski definition) is 6. The van der Waals surface area contributed by atoms with Gasteiger partial charge >= 0.3 is 0 Å². The fraction of sp³-hybridized carbons (Fsp3) is 0.545. The van der Waals surface area contributed by atoms with Gasteiger partial charge in [-0.2, -0.15) is 0 Å². The van der Waals surface area contributed by atoms with Gasteiger partial charge in [-0.05, 0) is 5.92 Å². The average Bonchev–Trinajstić information content (AvgIpc) is 2.94. The molecule has 2 rings (SSSR count). The van der Waals surface area contributed by atoms with Crippen LogP contribution >= 0.6 is 23.1 Å². The molecule has 0 aliphatic carbocycles. The molecule has 1 aliphatic rings. The van der Waals surface area contributed by atoms with Crippen LogP contribution in [0.1, 0.15) is 13.8 Å². The molecule has 1 atom stereocenters. The van der Waals surface area contributed by atoms with E-state index in [-0.39, 0.29) is 11.9 Å². The summed E-state index contributed by atoms with van der Waals surface area (Å²) in [6.45, 7) is 4.96. The zero-order valence-electron chi connectivity index (χ0n) is 10.4. The Labute approximate surface area is 114 Å². The number of aromatic nitrogens is 2. The molecule has 1 aliphatic heterocycles. The smallest absolute Gasteiger partial charge is 0.233 e. The van der Waals surface area contributed by atoms with E-state index in [4.69, 9.17) is 5.73 Å². The van der Waals surface area contributed by atoms with Crippen molar-refractivity contribution in [2.24, 2.45) is 5.92 Å². The summed E-state index contributed by atoms with van der Waals surface area (Å²) < 4.78 is 0.745. The average molecular weight is 284 g/mol. The number of carbonyl (C=O) groups excluding carboxylic acids is 1. The Morgan fingerprint density at radius 1 is 1.67 bits per heavy atom. The summed E-state index contributed by atoms with van der Waals surface area (Å²) >= 11 is 2.71. The van der Waals surface area contributed by atoms with Crippen molar-refractivity contribution in [3.05, 3.63) is 12.2 Å². The van der Waals surface area contributed by atoms with Crippen molar-refractivity contribution in [3.63, 3.8) is 0 Å². The van der Waals surface area contributed by atoms with E-state index in [0.29, 0.717) is 23.3 Å². The topological polar surface area (TPSA) is 72.1 Å². The molecule has 2 N–H and O–H groups in total. The third-order valence-electron chi connectivity index (χ3n) is 2.74. The van der Waals surface area contributed by atoms with Crippen LogP contribution in [-0.2, 0) is 4.79 Å². The maximum Gasteiger partial charge on any atom is 0.233 e. The van der Waals surface area contributed by atoms with Gasteiger partial charge in [0.1, 0.15) is 0 Å². The fourth-order valence-corrected chi connectivity index (χ4v) is 3.40. The van der Waals surface area contributed by atoms with Crippen molar-refractivity contribution < 1.29 is 4.79 Å². The first-order chi connectivity index (χ1) is 8.58. The summed E-state index contributed by atoms with van der Waals surface area (Å²) in [6, 6.07) is 0.220. The first kappa shape index (κ1) is 13.4. The predicted octanol–water partition coefficient (Wildman–Crippen LogP) is 1.64. The van der Waals surface area contributed by atoms with Gasteiger partial charge in [0.05, 0.1) is 11.8 Å². The SMILES string of the molecule is CC(C)[C@@H]1C=CCN1C(=O)CSc1nnc(N)s1. The number of anilines is 1. The highest BCUT2D eigenvalue weighted by atomic mass is 32.2. The molecule has 2 heterocycles. The van der Waals surface area contributed by atoms with Crippen LogP contribution in [0.25, 0.3) is 0 Å². The van der Waals surface area contributed by atoms with Gasteiger partial charge in [0, 0.05) is 6.54 Å². The highest BCUT2D eigenvalue weighted by Gasteiger charge is 2.26. The standard InChI is InChI=1S/C11H16N4OS2/c1-7(2)8-4-3-5-15(8)9(16)6-17-11-14-13-10(12)18-11/h3-4,7-8H,5-6H2,1-2H3,(H2,12,13)/t8-/m0/s1. The Morgan fingerprint density at radius 2 is 2.44 bits per heavy atom.